The van der Waals surface area contributed by atoms with Crippen molar-refractivity contribution in [3.8, 4) is 0 Å². The van der Waals surface area contributed by atoms with Crippen LogP contribution in [0.1, 0.15) is 19.0 Å². The Morgan fingerprint density at radius 3 is 2.80 bits per heavy atom. The minimum absolute atomic E-state index is 0.0656. The molecule has 106 valence electrons. The molecule has 1 aromatic carbocycles. The molecular weight excluding hydrogens is 250 g/mol. The van der Waals surface area contributed by atoms with Gasteiger partial charge in [-0.05, 0) is 26.1 Å². The Kier molecular flexibility index (Phi) is 4.69. The lowest BCUT2D eigenvalue weighted by Crippen LogP contribution is -2.34. The first kappa shape index (κ1) is 14.5. The topological polar surface area (TPSA) is 45.2 Å². The molecule has 0 fully saturated rings. The van der Waals surface area contributed by atoms with Crippen LogP contribution >= 0.6 is 0 Å². The van der Waals surface area contributed by atoms with Crippen LogP contribution < -0.4 is 5.32 Å². The molecule has 2 aromatic rings. The number of fused-ring (bicyclic) bond motifs is 1. The molecule has 0 saturated carbocycles. The van der Waals surface area contributed by atoms with Crippen molar-refractivity contribution in [1.29, 1.82) is 0 Å². The third-order valence-corrected chi connectivity index (χ3v) is 3.58. The molecule has 0 aliphatic carbocycles. The molecule has 1 heterocycles. The van der Waals surface area contributed by atoms with Gasteiger partial charge in [0.15, 0.2) is 0 Å². The summed E-state index contributed by atoms with van der Waals surface area (Å²) < 4.78 is 0. The van der Waals surface area contributed by atoms with E-state index in [1.807, 2.05) is 31.3 Å². The van der Waals surface area contributed by atoms with E-state index < -0.39 is 0 Å². The number of carbonyl (C=O) groups excluding carboxylic acids is 1. The molecule has 0 aliphatic heterocycles. The minimum atomic E-state index is 0.0656. The van der Waals surface area contributed by atoms with Crippen molar-refractivity contribution < 1.29 is 4.79 Å². The highest BCUT2D eigenvalue weighted by Gasteiger charge is 2.13. The molecule has 1 N–H and O–H groups in total. The van der Waals surface area contributed by atoms with Crippen LogP contribution in [0.15, 0.2) is 36.4 Å². The van der Waals surface area contributed by atoms with Gasteiger partial charge in [0.05, 0.1) is 11.2 Å². The van der Waals surface area contributed by atoms with Crippen molar-refractivity contribution >= 4 is 16.8 Å². The first-order chi connectivity index (χ1) is 9.60. The van der Waals surface area contributed by atoms with Crippen LogP contribution in [0, 0.1) is 0 Å². The van der Waals surface area contributed by atoms with Gasteiger partial charge in [-0.25, -0.2) is 0 Å². The van der Waals surface area contributed by atoms with E-state index >= 15 is 0 Å². The Labute approximate surface area is 119 Å². The molecule has 0 saturated heterocycles. The first-order valence-electron chi connectivity index (χ1n) is 6.85. The molecule has 0 radical (unpaired) electrons. The number of pyridine rings is 1. The number of aromatic nitrogens is 1. The van der Waals surface area contributed by atoms with Gasteiger partial charge in [-0.1, -0.05) is 24.3 Å². The summed E-state index contributed by atoms with van der Waals surface area (Å²) in [5.74, 6) is 0.0656. The summed E-state index contributed by atoms with van der Waals surface area (Å²) in [5.41, 5.74) is 2.03. The van der Waals surface area contributed by atoms with Crippen LogP contribution in [0.3, 0.4) is 0 Å². The number of carbonyl (C=O) groups is 1. The Balaban J connectivity index is 2.05. The van der Waals surface area contributed by atoms with Gasteiger partial charge in [-0.15, -0.1) is 0 Å². The fourth-order valence-corrected chi connectivity index (χ4v) is 2.13. The second kappa shape index (κ2) is 6.48. The number of hydrogen-bond acceptors (Lipinski definition) is 3. The molecule has 1 atom stereocenters. The summed E-state index contributed by atoms with van der Waals surface area (Å²) in [7, 11) is 3.68. The number of para-hydroxylation sites is 1. The van der Waals surface area contributed by atoms with Gasteiger partial charge in [0.1, 0.15) is 0 Å². The summed E-state index contributed by atoms with van der Waals surface area (Å²) in [5, 5.41) is 3.81. The van der Waals surface area contributed by atoms with Crippen LogP contribution in [-0.2, 0) is 11.3 Å². The van der Waals surface area contributed by atoms with Gasteiger partial charge in [-0.3, -0.25) is 14.7 Å². The summed E-state index contributed by atoms with van der Waals surface area (Å²) >= 11 is 0. The zero-order chi connectivity index (χ0) is 14.5. The molecule has 4 heteroatoms. The van der Waals surface area contributed by atoms with E-state index in [0.29, 0.717) is 6.42 Å². The molecule has 4 nitrogen and oxygen atoms in total. The standard InChI is InChI=1S/C16H21N3O/c1-12(10-16(20)17-2)19(3)11-14-9-8-13-6-4-5-7-15(13)18-14/h4-9,12H,10-11H2,1-3H3,(H,17,20). The van der Waals surface area contributed by atoms with Crippen molar-refractivity contribution in [2.24, 2.45) is 0 Å². The highest BCUT2D eigenvalue weighted by atomic mass is 16.1. The van der Waals surface area contributed by atoms with Gasteiger partial charge in [0, 0.05) is 31.4 Å². The molecular formula is C16H21N3O. The van der Waals surface area contributed by atoms with E-state index in [1.54, 1.807) is 7.05 Å². The Morgan fingerprint density at radius 2 is 2.05 bits per heavy atom. The lowest BCUT2D eigenvalue weighted by molar-refractivity contribution is -0.121. The number of rotatable bonds is 5. The Morgan fingerprint density at radius 1 is 1.30 bits per heavy atom. The highest BCUT2D eigenvalue weighted by Crippen LogP contribution is 2.14. The monoisotopic (exact) mass is 271 g/mol. The minimum Gasteiger partial charge on any atom is -0.359 e. The van der Waals surface area contributed by atoms with Crippen molar-refractivity contribution in [2.45, 2.75) is 25.9 Å². The third-order valence-electron chi connectivity index (χ3n) is 3.58. The smallest absolute Gasteiger partial charge is 0.221 e. The second-order valence-corrected chi connectivity index (χ2v) is 5.14. The van der Waals surface area contributed by atoms with Gasteiger partial charge >= 0.3 is 0 Å². The van der Waals surface area contributed by atoms with Crippen LogP contribution in [-0.4, -0.2) is 35.9 Å². The largest absolute Gasteiger partial charge is 0.359 e. The van der Waals surface area contributed by atoms with E-state index in [4.69, 9.17) is 0 Å². The number of amides is 1. The van der Waals surface area contributed by atoms with E-state index in [2.05, 4.69) is 34.3 Å². The molecule has 1 amide bonds. The van der Waals surface area contributed by atoms with Crippen molar-refractivity contribution in [2.75, 3.05) is 14.1 Å². The molecule has 1 unspecified atom stereocenters. The van der Waals surface area contributed by atoms with Crippen LogP contribution in [0.5, 0.6) is 0 Å². The van der Waals surface area contributed by atoms with E-state index in [1.165, 1.54) is 0 Å². The third kappa shape index (κ3) is 3.54. The lowest BCUT2D eigenvalue weighted by atomic mass is 10.1. The highest BCUT2D eigenvalue weighted by molar-refractivity contribution is 5.78. The van der Waals surface area contributed by atoms with Crippen molar-refractivity contribution in [3.05, 3.63) is 42.1 Å². The Hall–Kier alpha value is -1.94. The lowest BCUT2D eigenvalue weighted by Gasteiger charge is -2.23. The predicted octanol–water partition coefficient (Wildman–Crippen LogP) is 2.19. The van der Waals surface area contributed by atoms with Gasteiger partial charge in [0.25, 0.3) is 0 Å². The molecule has 0 spiro atoms. The fourth-order valence-electron chi connectivity index (χ4n) is 2.13. The SMILES string of the molecule is CNC(=O)CC(C)N(C)Cc1ccc2ccccc2n1. The van der Waals surface area contributed by atoms with E-state index in [9.17, 15) is 4.79 Å². The molecule has 1 aromatic heterocycles. The van der Waals surface area contributed by atoms with Gasteiger partial charge in [0.2, 0.25) is 5.91 Å². The zero-order valence-corrected chi connectivity index (χ0v) is 12.3. The second-order valence-electron chi connectivity index (χ2n) is 5.14. The number of benzene rings is 1. The maximum Gasteiger partial charge on any atom is 0.221 e. The van der Waals surface area contributed by atoms with Crippen molar-refractivity contribution in [3.63, 3.8) is 0 Å². The normalized spacial score (nSPS) is 12.6. The van der Waals surface area contributed by atoms with Crippen molar-refractivity contribution in [1.82, 2.24) is 15.2 Å². The number of nitrogens with one attached hydrogen (secondary N) is 1. The van der Waals surface area contributed by atoms with Crippen LogP contribution in [0.2, 0.25) is 0 Å². The summed E-state index contributed by atoms with van der Waals surface area (Å²) in [4.78, 5) is 18.2. The molecule has 20 heavy (non-hydrogen) atoms. The molecule has 0 bridgehead atoms. The molecule has 0 aliphatic rings. The maximum absolute atomic E-state index is 11.4. The number of hydrogen-bond donors (Lipinski definition) is 1. The first-order valence-corrected chi connectivity index (χ1v) is 6.85. The fraction of sp³-hybridized carbons (Fsp3) is 0.375. The summed E-state index contributed by atoms with van der Waals surface area (Å²) in [6.07, 6.45) is 0.501. The summed E-state index contributed by atoms with van der Waals surface area (Å²) in [6.45, 7) is 2.79. The quantitative estimate of drug-likeness (QED) is 0.906. The number of nitrogens with zero attached hydrogens (tertiary/aromatic N) is 2. The maximum atomic E-state index is 11.4. The predicted molar refractivity (Wildman–Crippen MR) is 81.4 cm³/mol. The van der Waals surface area contributed by atoms with Gasteiger partial charge < -0.3 is 5.32 Å². The van der Waals surface area contributed by atoms with Gasteiger partial charge in [-0.2, -0.15) is 0 Å². The van der Waals surface area contributed by atoms with E-state index in [-0.39, 0.29) is 11.9 Å². The van der Waals surface area contributed by atoms with E-state index in [0.717, 1.165) is 23.1 Å². The summed E-state index contributed by atoms with van der Waals surface area (Å²) in [6, 6.07) is 12.4. The Bertz CT molecular complexity index is 597. The van der Waals surface area contributed by atoms with Crippen LogP contribution in [0.4, 0.5) is 0 Å². The average molecular weight is 271 g/mol. The van der Waals surface area contributed by atoms with Crippen LogP contribution in [0.25, 0.3) is 10.9 Å². The zero-order valence-electron chi connectivity index (χ0n) is 12.3. The average Bonchev–Trinajstić information content (AvgIpc) is 2.46. The molecule has 2 rings (SSSR count).